The molecule has 0 fully saturated rings. The molecule has 1 aliphatic heterocycles. The van der Waals surface area contributed by atoms with Crippen LogP contribution >= 0.6 is 0 Å². The minimum absolute atomic E-state index is 0.324. The summed E-state index contributed by atoms with van der Waals surface area (Å²) in [7, 11) is 0. The van der Waals surface area contributed by atoms with Gasteiger partial charge in [0.2, 0.25) is 0 Å². The van der Waals surface area contributed by atoms with Crippen LogP contribution in [-0.4, -0.2) is 19.2 Å². The van der Waals surface area contributed by atoms with Crippen LogP contribution in [0.2, 0.25) is 0 Å². The number of hydrogen-bond donors (Lipinski definition) is 1. The fourth-order valence-electron chi connectivity index (χ4n) is 2.44. The maximum Gasteiger partial charge on any atom is 0.109 e. The third-order valence-corrected chi connectivity index (χ3v) is 3.73. The van der Waals surface area contributed by atoms with Crippen LogP contribution in [0.15, 0.2) is 30.0 Å². The molecule has 0 aromatic heterocycles. The number of hydrogen-bond acceptors (Lipinski definition) is 2. The zero-order valence-corrected chi connectivity index (χ0v) is 12.3. The van der Waals surface area contributed by atoms with E-state index in [1.807, 2.05) is 0 Å². The molecule has 0 bridgehead atoms. The zero-order chi connectivity index (χ0) is 13.7. The van der Waals surface area contributed by atoms with Crippen LogP contribution < -0.4 is 5.32 Å². The zero-order valence-electron chi connectivity index (χ0n) is 12.3. The Labute approximate surface area is 116 Å². The summed E-state index contributed by atoms with van der Waals surface area (Å²) in [4.78, 5) is 0. The molecule has 0 amide bonds. The molecule has 1 heterocycles. The van der Waals surface area contributed by atoms with Gasteiger partial charge in [-0.3, -0.25) is 0 Å². The van der Waals surface area contributed by atoms with E-state index < -0.39 is 0 Å². The van der Waals surface area contributed by atoms with Gasteiger partial charge in [-0.05, 0) is 56.0 Å². The van der Waals surface area contributed by atoms with Crippen molar-refractivity contribution < 1.29 is 4.74 Å². The Morgan fingerprint density at radius 3 is 2.74 bits per heavy atom. The van der Waals surface area contributed by atoms with Crippen LogP contribution in [0.4, 0.5) is 0 Å². The highest BCUT2D eigenvalue weighted by Crippen LogP contribution is 2.19. The van der Waals surface area contributed by atoms with Gasteiger partial charge in [-0.2, -0.15) is 0 Å². The number of ether oxygens (including phenoxy) is 1. The van der Waals surface area contributed by atoms with Crippen LogP contribution in [0.5, 0.6) is 0 Å². The lowest BCUT2D eigenvalue weighted by atomic mass is 10.00. The van der Waals surface area contributed by atoms with Crippen LogP contribution in [0.1, 0.15) is 36.5 Å². The van der Waals surface area contributed by atoms with Crippen molar-refractivity contribution >= 4 is 0 Å². The first kappa shape index (κ1) is 14.1. The highest BCUT2D eigenvalue weighted by Gasteiger charge is 2.18. The summed E-state index contributed by atoms with van der Waals surface area (Å²) < 4.78 is 5.74. The van der Waals surface area contributed by atoms with Gasteiger partial charge < -0.3 is 10.1 Å². The summed E-state index contributed by atoms with van der Waals surface area (Å²) in [5.74, 6) is 1.13. The van der Waals surface area contributed by atoms with E-state index in [4.69, 9.17) is 4.74 Å². The van der Waals surface area contributed by atoms with Crippen molar-refractivity contribution in [2.24, 2.45) is 0 Å². The highest BCUT2D eigenvalue weighted by atomic mass is 16.5. The second kappa shape index (κ2) is 6.76. The van der Waals surface area contributed by atoms with Crippen molar-refractivity contribution in [3.05, 3.63) is 46.7 Å². The van der Waals surface area contributed by atoms with E-state index in [-0.39, 0.29) is 0 Å². The second-order valence-corrected chi connectivity index (χ2v) is 5.37. The number of nitrogens with one attached hydrogen (secondary N) is 1. The summed E-state index contributed by atoms with van der Waals surface area (Å²) in [6.45, 7) is 8.42. The molecule has 1 N–H and O–H groups in total. The standard InChI is InChI=1S/C17H25NO/c1-4-9-18-16(17-6-5-10-19-17)12-15-8-7-13(2)14(3)11-15/h6-8,11,16,18H,4-5,9-10,12H2,1-3H3. The van der Waals surface area contributed by atoms with Crippen molar-refractivity contribution in [1.29, 1.82) is 0 Å². The van der Waals surface area contributed by atoms with Crippen LogP contribution in [-0.2, 0) is 11.2 Å². The predicted molar refractivity (Wildman–Crippen MR) is 80.4 cm³/mol. The van der Waals surface area contributed by atoms with Gasteiger partial charge in [0, 0.05) is 6.42 Å². The van der Waals surface area contributed by atoms with Gasteiger partial charge in [0.1, 0.15) is 5.76 Å². The minimum Gasteiger partial charge on any atom is -0.496 e. The second-order valence-electron chi connectivity index (χ2n) is 5.37. The van der Waals surface area contributed by atoms with Crippen LogP contribution in [0, 0.1) is 13.8 Å². The topological polar surface area (TPSA) is 21.3 Å². The molecule has 2 nitrogen and oxygen atoms in total. The average molecular weight is 259 g/mol. The molecule has 0 saturated carbocycles. The lowest BCUT2D eigenvalue weighted by Gasteiger charge is -2.20. The summed E-state index contributed by atoms with van der Waals surface area (Å²) >= 11 is 0. The SMILES string of the molecule is CCCNC(Cc1ccc(C)c(C)c1)C1=CCCO1. The Kier molecular flexibility index (Phi) is 5.03. The largest absolute Gasteiger partial charge is 0.496 e. The Bertz CT molecular complexity index is 451. The smallest absolute Gasteiger partial charge is 0.109 e. The molecule has 1 atom stereocenters. The highest BCUT2D eigenvalue weighted by molar-refractivity contribution is 5.31. The van der Waals surface area contributed by atoms with Crippen molar-refractivity contribution in [3.63, 3.8) is 0 Å². The van der Waals surface area contributed by atoms with Crippen molar-refractivity contribution in [1.82, 2.24) is 5.32 Å². The molecule has 0 radical (unpaired) electrons. The van der Waals surface area contributed by atoms with Gasteiger partial charge in [-0.15, -0.1) is 0 Å². The fraction of sp³-hybridized carbons (Fsp3) is 0.529. The molecule has 1 aliphatic rings. The molecular formula is C17H25NO. The molecule has 1 aromatic carbocycles. The summed E-state index contributed by atoms with van der Waals surface area (Å²) in [5.41, 5.74) is 4.11. The molecule has 0 spiro atoms. The molecule has 19 heavy (non-hydrogen) atoms. The van der Waals surface area contributed by atoms with E-state index in [2.05, 4.69) is 50.4 Å². The van der Waals surface area contributed by atoms with E-state index in [1.165, 1.54) is 16.7 Å². The Hall–Kier alpha value is -1.28. The first-order valence-corrected chi connectivity index (χ1v) is 7.33. The maximum absolute atomic E-state index is 5.74. The Morgan fingerprint density at radius 1 is 1.26 bits per heavy atom. The van der Waals surface area contributed by atoms with Gasteiger partial charge in [0.25, 0.3) is 0 Å². The molecule has 0 saturated heterocycles. The summed E-state index contributed by atoms with van der Waals surface area (Å²) in [5, 5.41) is 3.60. The van der Waals surface area contributed by atoms with E-state index in [0.717, 1.165) is 38.2 Å². The molecule has 104 valence electrons. The van der Waals surface area contributed by atoms with Crippen LogP contribution in [0.3, 0.4) is 0 Å². The molecule has 2 heteroatoms. The lowest BCUT2D eigenvalue weighted by Crippen LogP contribution is -2.34. The Balaban J connectivity index is 2.07. The quantitative estimate of drug-likeness (QED) is 0.844. The van der Waals surface area contributed by atoms with E-state index in [0.29, 0.717) is 6.04 Å². The first-order valence-electron chi connectivity index (χ1n) is 7.33. The summed E-state index contributed by atoms with van der Waals surface area (Å²) in [6, 6.07) is 7.07. The van der Waals surface area contributed by atoms with Crippen molar-refractivity contribution in [2.45, 2.75) is 46.1 Å². The van der Waals surface area contributed by atoms with Crippen LogP contribution in [0.25, 0.3) is 0 Å². The molecule has 1 aromatic rings. The molecule has 1 unspecified atom stereocenters. The van der Waals surface area contributed by atoms with Crippen molar-refractivity contribution in [2.75, 3.05) is 13.2 Å². The number of aryl methyl sites for hydroxylation is 2. The molecular weight excluding hydrogens is 234 g/mol. The number of rotatable bonds is 6. The lowest BCUT2D eigenvalue weighted by molar-refractivity contribution is 0.214. The number of benzene rings is 1. The molecule has 0 aliphatic carbocycles. The van der Waals surface area contributed by atoms with Gasteiger partial charge in [-0.1, -0.05) is 25.1 Å². The normalized spacial score (nSPS) is 16.1. The van der Waals surface area contributed by atoms with E-state index >= 15 is 0 Å². The third-order valence-electron chi connectivity index (χ3n) is 3.73. The monoisotopic (exact) mass is 259 g/mol. The fourth-order valence-corrected chi connectivity index (χ4v) is 2.44. The minimum atomic E-state index is 0.324. The Morgan fingerprint density at radius 2 is 2.11 bits per heavy atom. The van der Waals surface area contributed by atoms with Gasteiger partial charge >= 0.3 is 0 Å². The van der Waals surface area contributed by atoms with Gasteiger partial charge in [0.15, 0.2) is 0 Å². The molecule has 2 rings (SSSR count). The first-order chi connectivity index (χ1) is 9.20. The van der Waals surface area contributed by atoms with E-state index in [1.54, 1.807) is 0 Å². The van der Waals surface area contributed by atoms with Gasteiger partial charge in [0.05, 0.1) is 12.6 Å². The van der Waals surface area contributed by atoms with Crippen molar-refractivity contribution in [3.8, 4) is 0 Å². The average Bonchev–Trinajstić information content (AvgIpc) is 2.92. The van der Waals surface area contributed by atoms with Gasteiger partial charge in [-0.25, -0.2) is 0 Å². The summed E-state index contributed by atoms with van der Waals surface area (Å²) in [6.07, 6.45) is 5.44. The maximum atomic E-state index is 5.74. The van der Waals surface area contributed by atoms with E-state index in [9.17, 15) is 0 Å². The predicted octanol–water partition coefficient (Wildman–Crippen LogP) is 3.52. The third kappa shape index (κ3) is 3.84.